The second-order valence-corrected chi connectivity index (χ2v) is 6.45. The lowest BCUT2D eigenvalue weighted by atomic mass is 10.1. The Kier molecular flexibility index (Phi) is 15.7. The molecule has 0 bridgehead atoms. The summed E-state index contributed by atoms with van der Waals surface area (Å²) in [6.07, 6.45) is 17.3. The summed E-state index contributed by atoms with van der Waals surface area (Å²) in [5.41, 5.74) is 1.19. The number of carbonyl (C=O) groups is 1. The molecule has 0 heterocycles. The fraction of sp³-hybridized carbons (Fsp3) is 0.762. The average molecular weight is 339 g/mol. The minimum absolute atomic E-state index is 0.292. The maximum Gasteiger partial charge on any atom is 0.347 e. The van der Waals surface area contributed by atoms with Crippen LogP contribution in [0.5, 0.6) is 0 Å². The summed E-state index contributed by atoms with van der Waals surface area (Å²) >= 11 is 0. The number of unbranched alkanes of at least 4 members (excludes halogenated alkanes) is 6. The second kappa shape index (κ2) is 16.6. The Labute approximate surface area is 149 Å². The lowest BCUT2D eigenvalue weighted by Crippen LogP contribution is -2.22. The zero-order valence-electron chi connectivity index (χ0n) is 16.3. The monoisotopic (exact) mass is 338 g/mol. The van der Waals surface area contributed by atoms with Crippen LogP contribution in [-0.2, 0) is 14.3 Å². The molecule has 0 radical (unpaired) electrons. The number of hydrogen-bond acceptors (Lipinski definition) is 3. The van der Waals surface area contributed by atoms with Crippen LogP contribution in [0.25, 0.3) is 0 Å². The van der Waals surface area contributed by atoms with Crippen molar-refractivity contribution in [1.82, 2.24) is 0 Å². The Balaban J connectivity index is 3.72. The number of esters is 1. The molecule has 0 aromatic rings. The highest BCUT2D eigenvalue weighted by Crippen LogP contribution is 2.12. The highest BCUT2D eigenvalue weighted by Gasteiger charge is 2.13. The smallest absolute Gasteiger partial charge is 0.347 e. The Hall–Kier alpha value is -1.25. The lowest BCUT2D eigenvalue weighted by molar-refractivity contribution is -0.152. The highest BCUT2D eigenvalue weighted by molar-refractivity contribution is 5.74. The van der Waals surface area contributed by atoms with Crippen molar-refractivity contribution in [2.75, 3.05) is 6.61 Å². The van der Waals surface area contributed by atoms with Crippen LogP contribution in [0.2, 0.25) is 0 Å². The molecule has 1 atom stereocenters. The molecule has 0 saturated carbocycles. The molecule has 0 aliphatic heterocycles. The summed E-state index contributed by atoms with van der Waals surface area (Å²) in [6, 6.07) is 0. The Bertz CT molecular complexity index is 358. The van der Waals surface area contributed by atoms with Gasteiger partial charge in [0.05, 0.1) is 12.9 Å². The number of carbonyl (C=O) groups excluding carboxylic acids is 1. The molecule has 0 aliphatic carbocycles. The molecule has 24 heavy (non-hydrogen) atoms. The summed E-state index contributed by atoms with van der Waals surface area (Å²) in [5, 5.41) is 0. The van der Waals surface area contributed by atoms with E-state index in [1.807, 2.05) is 6.08 Å². The largest absolute Gasteiger partial charge is 0.487 e. The van der Waals surface area contributed by atoms with Crippen LogP contribution >= 0.6 is 0 Å². The summed E-state index contributed by atoms with van der Waals surface area (Å²) in [4.78, 5) is 11.8. The maximum absolute atomic E-state index is 11.8. The van der Waals surface area contributed by atoms with Gasteiger partial charge in [0.15, 0.2) is 6.10 Å². The molecule has 0 aromatic heterocycles. The quantitative estimate of drug-likeness (QED) is 0.151. The van der Waals surface area contributed by atoms with Crippen LogP contribution in [0.3, 0.4) is 0 Å². The third-order valence-electron chi connectivity index (χ3n) is 3.91. The second-order valence-electron chi connectivity index (χ2n) is 6.45. The third-order valence-corrected chi connectivity index (χ3v) is 3.91. The van der Waals surface area contributed by atoms with Crippen molar-refractivity contribution >= 4 is 5.97 Å². The van der Waals surface area contributed by atoms with E-state index in [2.05, 4.69) is 26.8 Å². The predicted molar refractivity (Wildman–Crippen MR) is 102 cm³/mol. The molecule has 0 aliphatic rings. The van der Waals surface area contributed by atoms with Gasteiger partial charge in [-0.05, 0) is 45.1 Å². The number of rotatable bonds is 15. The van der Waals surface area contributed by atoms with Gasteiger partial charge in [0, 0.05) is 0 Å². The summed E-state index contributed by atoms with van der Waals surface area (Å²) in [6.45, 7) is 8.55. The fourth-order valence-electron chi connectivity index (χ4n) is 2.32. The topological polar surface area (TPSA) is 35.5 Å². The van der Waals surface area contributed by atoms with Crippen LogP contribution in [0.1, 0.15) is 91.9 Å². The van der Waals surface area contributed by atoms with Crippen LogP contribution in [0.15, 0.2) is 24.0 Å². The minimum Gasteiger partial charge on any atom is -0.487 e. The van der Waals surface area contributed by atoms with Crippen LogP contribution in [-0.4, -0.2) is 18.7 Å². The van der Waals surface area contributed by atoms with Crippen molar-refractivity contribution in [2.24, 2.45) is 0 Å². The number of hydrogen-bond donors (Lipinski definition) is 0. The lowest BCUT2D eigenvalue weighted by Gasteiger charge is -2.11. The van der Waals surface area contributed by atoms with E-state index in [0.717, 1.165) is 19.3 Å². The molecule has 0 saturated heterocycles. The summed E-state index contributed by atoms with van der Waals surface area (Å²) in [7, 11) is 0. The van der Waals surface area contributed by atoms with E-state index >= 15 is 0 Å². The van der Waals surface area contributed by atoms with Gasteiger partial charge in [0.1, 0.15) is 0 Å². The average Bonchev–Trinajstić information content (AvgIpc) is 2.58. The molecular weight excluding hydrogens is 300 g/mol. The molecule has 0 spiro atoms. The van der Waals surface area contributed by atoms with Gasteiger partial charge in [0.2, 0.25) is 0 Å². The normalized spacial score (nSPS) is 13.2. The van der Waals surface area contributed by atoms with Crippen LogP contribution in [0.4, 0.5) is 0 Å². The van der Waals surface area contributed by atoms with Crippen LogP contribution < -0.4 is 0 Å². The minimum atomic E-state index is -0.538. The van der Waals surface area contributed by atoms with Gasteiger partial charge in [-0.1, -0.05) is 64.5 Å². The molecule has 0 rings (SSSR count). The van der Waals surface area contributed by atoms with Crippen molar-refractivity contribution < 1.29 is 14.3 Å². The van der Waals surface area contributed by atoms with E-state index in [1.165, 1.54) is 50.5 Å². The molecular formula is C21H38O3. The van der Waals surface area contributed by atoms with Crippen molar-refractivity contribution in [1.29, 1.82) is 0 Å². The van der Waals surface area contributed by atoms with E-state index in [9.17, 15) is 4.79 Å². The van der Waals surface area contributed by atoms with Crippen molar-refractivity contribution in [3.63, 3.8) is 0 Å². The zero-order chi connectivity index (χ0) is 18.0. The summed E-state index contributed by atoms with van der Waals surface area (Å²) < 4.78 is 10.7. The van der Waals surface area contributed by atoms with Gasteiger partial charge in [-0.3, -0.25) is 0 Å². The van der Waals surface area contributed by atoms with Gasteiger partial charge >= 0.3 is 5.97 Å². The fourth-order valence-corrected chi connectivity index (χ4v) is 2.32. The zero-order valence-corrected chi connectivity index (χ0v) is 16.3. The Morgan fingerprint density at radius 1 is 1.00 bits per heavy atom. The SMILES string of the molecule is CC/C=C\CCOC(=O)[C@H](C)OC=C(C)CCCCCCCCC. The van der Waals surface area contributed by atoms with E-state index in [-0.39, 0.29) is 5.97 Å². The van der Waals surface area contributed by atoms with Crippen molar-refractivity contribution in [3.05, 3.63) is 24.0 Å². The molecule has 0 N–H and O–H groups in total. The summed E-state index contributed by atoms with van der Waals surface area (Å²) in [5.74, 6) is -0.292. The van der Waals surface area contributed by atoms with E-state index < -0.39 is 6.10 Å². The molecule has 3 nitrogen and oxygen atoms in total. The molecule has 140 valence electrons. The Morgan fingerprint density at radius 3 is 2.33 bits per heavy atom. The molecule has 0 aromatic carbocycles. The number of ether oxygens (including phenoxy) is 2. The first kappa shape index (κ1) is 22.8. The maximum atomic E-state index is 11.8. The standard InChI is InChI=1S/C21H38O3/c1-5-7-9-11-12-13-14-16-19(3)18-24-20(4)21(22)23-17-15-10-8-6-2/h8,10,18,20H,5-7,9,11-17H2,1-4H3/b10-8-,19-18?/t20-/m0/s1. The van der Waals surface area contributed by atoms with Crippen molar-refractivity contribution in [2.45, 2.75) is 98.0 Å². The first-order valence-electron chi connectivity index (χ1n) is 9.74. The predicted octanol–water partition coefficient (Wildman–Crippen LogP) is 6.34. The molecule has 0 amide bonds. The van der Waals surface area contributed by atoms with E-state index in [0.29, 0.717) is 6.61 Å². The van der Waals surface area contributed by atoms with Crippen LogP contribution in [0, 0.1) is 0 Å². The molecule has 3 heteroatoms. The van der Waals surface area contributed by atoms with Gasteiger partial charge in [-0.15, -0.1) is 0 Å². The first-order valence-corrected chi connectivity index (χ1v) is 9.74. The van der Waals surface area contributed by atoms with Gasteiger partial charge < -0.3 is 9.47 Å². The Morgan fingerprint density at radius 2 is 1.67 bits per heavy atom. The van der Waals surface area contributed by atoms with Gasteiger partial charge in [-0.2, -0.15) is 0 Å². The highest BCUT2D eigenvalue weighted by atomic mass is 16.6. The van der Waals surface area contributed by atoms with E-state index in [4.69, 9.17) is 9.47 Å². The van der Waals surface area contributed by atoms with E-state index in [1.54, 1.807) is 13.2 Å². The molecule has 0 unspecified atom stereocenters. The third kappa shape index (κ3) is 14.3. The van der Waals surface area contributed by atoms with Gasteiger partial charge in [0.25, 0.3) is 0 Å². The van der Waals surface area contributed by atoms with Crippen molar-refractivity contribution in [3.8, 4) is 0 Å². The first-order chi connectivity index (χ1) is 11.6. The van der Waals surface area contributed by atoms with Gasteiger partial charge in [-0.25, -0.2) is 4.79 Å². The number of allylic oxidation sites excluding steroid dienone is 2. The molecule has 0 fully saturated rings.